The Morgan fingerprint density at radius 3 is 2.56 bits per heavy atom. The summed E-state index contributed by atoms with van der Waals surface area (Å²) in [6, 6.07) is 23.1. The minimum absolute atomic E-state index is 0.633. The molecule has 0 bridgehead atoms. The molecule has 0 aliphatic carbocycles. The van der Waals surface area contributed by atoms with Gasteiger partial charge in [0.05, 0.1) is 0 Å². The van der Waals surface area contributed by atoms with Gasteiger partial charge in [0.25, 0.3) is 0 Å². The first-order chi connectivity index (χ1) is 12.2. The molecule has 3 aromatic carbocycles. The minimum Gasteiger partial charge on any atom is -0.459 e. The largest absolute Gasteiger partial charge is 0.459 e. The lowest BCUT2D eigenvalue weighted by atomic mass is 9.84. The number of hydrogen-bond donors (Lipinski definition) is 0. The van der Waals surface area contributed by atoms with Crippen LogP contribution >= 0.6 is 15.9 Å². The van der Waals surface area contributed by atoms with Crippen molar-refractivity contribution in [1.82, 2.24) is 0 Å². The third kappa shape index (κ3) is 2.02. The van der Waals surface area contributed by atoms with E-state index in [4.69, 9.17) is 4.74 Å². The van der Waals surface area contributed by atoms with Gasteiger partial charge in [0.15, 0.2) is 0 Å². The highest BCUT2D eigenvalue weighted by Crippen LogP contribution is 2.50. The second-order valence-electron chi connectivity index (χ2n) is 6.44. The Morgan fingerprint density at radius 2 is 1.68 bits per heavy atom. The first-order valence-electron chi connectivity index (χ1n) is 8.30. The highest BCUT2D eigenvalue weighted by atomic mass is 79.9. The van der Waals surface area contributed by atoms with Crippen molar-refractivity contribution in [3.05, 3.63) is 88.4 Å². The monoisotopic (exact) mass is 389 g/mol. The Hall–Kier alpha value is -2.52. The number of hydrogen-bond acceptors (Lipinski definition) is 2. The molecule has 1 atom stereocenters. The maximum absolute atomic E-state index is 6.63. The molecular formula is C22H16BrNO. The van der Waals surface area contributed by atoms with Crippen LogP contribution in [-0.4, -0.2) is 7.05 Å². The average Bonchev–Trinajstić information content (AvgIpc) is 2.66. The van der Waals surface area contributed by atoms with Crippen LogP contribution in [0.4, 0.5) is 5.69 Å². The molecule has 0 amide bonds. The van der Waals surface area contributed by atoms with E-state index in [0.29, 0.717) is 0 Å². The normalized spacial score (nSPS) is 19.8. The Bertz CT molecular complexity index is 1030. The van der Waals surface area contributed by atoms with Gasteiger partial charge in [-0.15, -0.1) is 0 Å². The van der Waals surface area contributed by atoms with Crippen LogP contribution in [-0.2, 0) is 5.72 Å². The number of ether oxygens (including phenoxy) is 1. The number of benzene rings is 3. The molecular weight excluding hydrogens is 374 g/mol. The third-order valence-corrected chi connectivity index (χ3v) is 5.59. The molecule has 25 heavy (non-hydrogen) atoms. The molecule has 1 unspecified atom stereocenters. The van der Waals surface area contributed by atoms with Gasteiger partial charge in [-0.25, -0.2) is 0 Å². The lowest BCUT2D eigenvalue weighted by molar-refractivity contribution is 0.116. The zero-order chi connectivity index (χ0) is 17.0. The lowest BCUT2D eigenvalue weighted by Gasteiger charge is -2.47. The van der Waals surface area contributed by atoms with Crippen LogP contribution < -0.4 is 9.64 Å². The number of halogens is 1. The molecule has 0 fully saturated rings. The van der Waals surface area contributed by atoms with Gasteiger partial charge < -0.3 is 9.64 Å². The molecule has 2 nitrogen and oxygen atoms in total. The SMILES string of the molecule is CN1c2ccccc2-c2ccccc2C12C=Cc1cc(Br)ccc1O2. The van der Waals surface area contributed by atoms with Gasteiger partial charge in [0, 0.05) is 33.9 Å². The maximum atomic E-state index is 6.63. The van der Waals surface area contributed by atoms with Crippen LogP contribution in [0.1, 0.15) is 11.1 Å². The van der Waals surface area contributed by atoms with Crippen molar-refractivity contribution in [2.45, 2.75) is 5.72 Å². The summed E-state index contributed by atoms with van der Waals surface area (Å²) in [7, 11) is 2.10. The van der Waals surface area contributed by atoms with Crippen LogP contribution in [0, 0.1) is 0 Å². The van der Waals surface area contributed by atoms with Crippen LogP contribution in [0.2, 0.25) is 0 Å². The molecule has 0 N–H and O–H groups in total. The summed E-state index contributed by atoms with van der Waals surface area (Å²) in [5, 5.41) is 0. The first kappa shape index (κ1) is 14.8. The first-order valence-corrected chi connectivity index (χ1v) is 9.09. The van der Waals surface area contributed by atoms with Crippen LogP contribution in [0.5, 0.6) is 5.75 Å². The molecule has 122 valence electrons. The quantitative estimate of drug-likeness (QED) is 0.479. The standard InChI is InChI=1S/C22H16BrNO/c1-24-20-9-5-3-7-18(20)17-6-2-4-8-19(17)22(24)13-12-15-14-16(23)10-11-21(15)25-22/h2-14H,1H3. The van der Waals surface area contributed by atoms with E-state index in [9.17, 15) is 0 Å². The van der Waals surface area contributed by atoms with Crippen LogP contribution in [0.25, 0.3) is 17.2 Å². The summed E-state index contributed by atoms with van der Waals surface area (Å²) in [6.45, 7) is 0. The molecule has 2 heterocycles. The summed E-state index contributed by atoms with van der Waals surface area (Å²) < 4.78 is 7.68. The van der Waals surface area contributed by atoms with Crippen LogP contribution in [0.3, 0.4) is 0 Å². The summed E-state index contributed by atoms with van der Waals surface area (Å²) in [6.07, 6.45) is 4.32. The Labute approximate surface area is 155 Å². The molecule has 0 saturated heterocycles. The number of rotatable bonds is 0. The molecule has 0 aromatic heterocycles. The van der Waals surface area contributed by atoms with E-state index in [2.05, 4.69) is 94.6 Å². The van der Waals surface area contributed by atoms with Gasteiger partial charge >= 0.3 is 0 Å². The number of fused-ring (bicyclic) bond motifs is 5. The van der Waals surface area contributed by atoms with Crippen molar-refractivity contribution in [3.63, 3.8) is 0 Å². The molecule has 2 aliphatic rings. The lowest BCUT2D eigenvalue weighted by Crippen LogP contribution is -2.50. The van der Waals surface area contributed by atoms with Gasteiger partial charge in [0.1, 0.15) is 5.75 Å². The van der Waals surface area contributed by atoms with Gasteiger partial charge in [-0.05, 0) is 42.0 Å². The minimum atomic E-state index is -0.633. The molecule has 5 rings (SSSR count). The smallest absolute Gasteiger partial charge is 0.229 e. The fraction of sp³-hybridized carbons (Fsp3) is 0.0909. The fourth-order valence-electron chi connectivity index (χ4n) is 3.86. The molecule has 2 aliphatic heterocycles. The second kappa shape index (κ2) is 5.24. The molecule has 1 spiro atoms. The van der Waals surface area contributed by atoms with Crippen molar-refractivity contribution < 1.29 is 4.74 Å². The van der Waals surface area contributed by atoms with Gasteiger partial charge in [-0.3, -0.25) is 0 Å². The van der Waals surface area contributed by atoms with E-state index >= 15 is 0 Å². The zero-order valence-corrected chi connectivity index (χ0v) is 15.3. The predicted molar refractivity (Wildman–Crippen MR) is 106 cm³/mol. The third-order valence-electron chi connectivity index (χ3n) is 5.09. The van der Waals surface area contributed by atoms with E-state index < -0.39 is 5.72 Å². The Balaban J connectivity index is 1.77. The number of likely N-dealkylation sites (N-methyl/N-ethyl adjacent to an activating group) is 1. The molecule has 3 aromatic rings. The summed E-state index contributed by atoms with van der Waals surface area (Å²) in [5.41, 5.74) is 5.26. The van der Waals surface area contributed by atoms with Gasteiger partial charge in [-0.1, -0.05) is 58.4 Å². The number of anilines is 1. The summed E-state index contributed by atoms with van der Waals surface area (Å²) in [4.78, 5) is 2.23. The van der Waals surface area contributed by atoms with Crippen molar-refractivity contribution >= 4 is 27.7 Å². The van der Waals surface area contributed by atoms with E-state index in [1.54, 1.807) is 0 Å². The summed E-state index contributed by atoms with van der Waals surface area (Å²) in [5.74, 6) is 0.895. The highest BCUT2D eigenvalue weighted by molar-refractivity contribution is 9.10. The Kier molecular flexibility index (Phi) is 3.10. The molecule has 0 saturated carbocycles. The topological polar surface area (TPSA) is 12.5 Å². The van der Waals surface area contributed by atoms with E-state index in [0.717, 1.165) is 15.8 Å². The number of para-hydroxylation sites is 1. The van der Waals surface area contributed by atoms with E-state index in [-0.39, 0.29) is 0 Å². The summed E-state index contributed by atoms with van der Waals surface area (Å²) >= 11 is 3.54. The van der Waals surface area contributed by atoms with E-state index in [1.165, 1.54) is 22.4 Å². The van der Waals surface area contributed by atoms with Crippen molar-refractivity contribution in [3.8, 4) is 16.9 Å². The second-order valence-corrected chi connectivity index (χ2v) is 7.35. The predicted octanol–water partition coefficient (Wildman–Crippen LogP) is 5.82. The maximum Gasteiger partial charge on any atom is 0.229 e. The van der Waals surface area contributed by atoms with Crippen LogP contribution in [0.15, 0.2) is 77.3 Å². The molecule has 0 radical (unpaired) electrons. The molecule has 3 heteroatoms. The van der Waals surface area contributed by atoms with Crippen molar-refractivity contribution in [1.29, 1.82) is 0 Å². The Morgan fingerprint density at radius 1 is 0.920 bits per heavy atom. The van der Waals surface area contributed by atoms with Crippen molar-refractivity contribution in [2.75, 3.05) is 11.9 Å². The van der Waals surface area contributed by atoms with Gasteiger partial charge in [-0.2, -0.15) is 0 Å². The van der Waals surface area contributed by atoms with Gasteiger partial charge in [0.2, 0.25) is 5.72 Å². The number of nitrogens with zero attached hydrogens (tertiary/aromatic N) is 1. The fourth-order valence-corrected chi connectivity index (χ4v) is 4.23. The van der Waals surface area contributed by atoms with E-state index in [1.807, 2.05) is 12.1 Å². The zero-order valence-electron chi connectivity index (χ0n) is 13.7. The average molecular weight is 390 g/mol. The van der Waals surface area contributed by atoms with Crippen molar-refractivity contribution in [2.24, 2.45) is 0 Å². The highest BCUT2D eigenvalue weighted by Gasteiger charge is 2.44.